The molecule has 1 aliphatic heterocycles. The molecule has 1 aromatic rings. The molecule has 0 fully saturated rings. The highest BCUT2D eigenvalue weighted by atomic mass is 16.2. The van der Waals surface area contributed by atoms with E-state index in [-0.39, 0.29) is 11.8 Å². The molecule has 17 heavy (non-hydrogen) atoms. The molecule has 0 radical (unpaired) electrons. The highest BCUT2D eigenvalue weighted by Gasteiger charge is 2.24. The van der Waals surface area contributed by atoms with E-state index in [9.17, 15) is 9.59 Å². The van der Waals surface area contributed by atoms with Gasteiger partial charge in [-0.15, -0.1) is 0 Å². The maximum Gasteiger partial charge on any atom is 0.265 e. The van der Waals surface area contributed by atoms with E-state index in [4.69, 9.17) is 0 Å². The standard InChI is InChI=1S/C12H15N3O2/c1-14(2)13-12(17)8-4-5-10-9(6-8)7-11(16)15(10)3/h4-6H,7H2,1-3H3,(H,13,17). The van der Waals surface area contributed by atoms with Crippen molar-refractivity contribution in [2.24, 2.45) is 0 Å². The van der Waals surface area contributed by atoms with Crippen LogP contribution in [0.2, 0.25) is 0 Å². The third kappa shape index (κ3) is 2.14. The lowest BCUT2D eigenvalue weighted by Gasteiger charge is -2.13. The minimum Gasteiger partial charge on any atom is -0.315 e. The van der Waals surface area contributed by atoms with Gasteiger partial charge in [0.1, 0.15) is 0 Å². The SMILES string of the molecule is CN(C)NC(=O)c1ccc2c(c1)CC(=O)N2C. The molecule has 0 atom stereocenters. The number of hydrogen-bond donors (Lipinski definition) is 1. The Kier molecular flexibility index (Phi) is 2.85. The molecule has 5 heteroatoms. The summed E-state index contributed by atoms with van der Waals surface area (Å²) in [7, 11) is 5.25. The molecule has 1 heterocycles. The predicted octanol–water partition coefficient (Wildman–Crippen LogP) is 0.412. The van der Waals surface area contributed by atoms with Gasteiger partial charge in [-0.05, 0) is 23.8 Å². The first kappa shape index (κ1) is 11.6. The van der Waals surface area contributed by atoms with Crippen LogP contribution in [-0.4, -0.2) is 38.0 Å². The number of anilines is 1. The zero-order valence-electron chi connectivity index (χ0n) is 10.2. The van der Waals surface area contributed by atoms with Crippen LogP contribution in [-0.2, 0) is 11.2 Å². The van der Waals surface area contributed by atoms with E-state index in [0.717, 1.165) is 11.3 Å². The van der Waals surface area contributed by atoms with Crippen LogP contribution in [0.4, 0.5) is 5.69 Å². The van der Waals surface area contributed by atoms with Gasteiger partial charge in [0.25, 0.3) is 5.91 Å². The summed E-state index contributed by atoms with van der Waals surface area (Å²) in [6, 6.07) is 5.31. The van der Waals surface area contributed by atoms with Crippen molar-refractivity contribution in [3.05, 3.63) is 29.3 Å². The van der Waals surface area contributed by atoms with Crippen molar-refractivity contribution in [1.29, 1.82) is 0 Å². The maximum atomic E-state index is 11.8. The van der Waals surface area contributed by atoms with Crippen LogP contribution in [0.3, 0.4) is 0 Å². The predicted molar refractivity (Wildman–Crippen MR) is 64.7 cm³/mol. The summed E-state index contributed by atoms with van der Waals surface area (Å²) in [5, 5.41) is 1.59. The van der Waals surface area contributed by atoms with Crippen LogP contribution in [0.1, 0.15) is 15.9 Å². The first-order valence-electron chi connectivity index (χ1n) is 5.37. The van der Waals surface area contributed by atoms with E-state index in [1.54, 1.807) is 43.2 Å². The highest BCUT2D eigenvalue weighted by Crippen LogP contribution is 2.28. The number of fused-ring (bicyclic) bond motifs is 1. The quantitative estimate of drug-likeness (QED) is 0.753. The summed E-state index contributed by atoms with van der Waals surface area (Å²) in [4.78, 5) is 24.9. The lowest BCUT2D eigenvalue weighted by Crippen LogP contribution is -2.36. The number of likely N-dealkylation sites (N-methyl/N-ethyl adjacent to an activating group) is 1. The highest BCUT2D eigenvalue weighted by molar-refractivity contribution is 6.02. The Morgan fingerprint density at radius 2 is 2.12 bits per heavy atom. The second-order valence-electron chi connectivity index (χ2n) is 4.31. The van der Waals surface area contributed by atoms with Gasteiger partial charge in [0.15, 0.2) is 0 Å². The van der Waals surface area contributed by atoms with E-state index in [1.165, 1.54) is 0 Å². The first-order chi connectivity index (χ1) is 7.99. The van der Waals surface area contributed by atoms with Crippen molar-refractivity contribution in [3.63, 3.8) is 0 Å². The summed E-state index contributed by atoms with van der Waals surface area (Å²) in [5.41, 5.74) is 5.03. The first-order valence-corrected chi connectivity index (χ1v) is 5.37. The van der Waals surface area contributed by atoms with Gasteiger partial charge in [-0.1, -0.05) is 0 Å². The van der Waals surface area contributed by atoms with Gasteiger partial charge in [-0.3, -0.25) is 15.0 Å². The number of carbonyl (C=O) groups excluding carboxylic acids is 2. The minimum absolute atomic E-state index is 0.0603. The van der Waals surface area contributed by atoms with Crippen LogP contribution in [0, 0.1) is 0 Å². The Balaban J connectivity index is 2.27. The van der Waals surface area contributed by atoms with E-state index in [2.05, 4.69) is 5.43 Å². The monoisotopic (exact) mass is 233 g/mol. The molecule has 1 aliphatic rings. The fourth-order valence-electron chi connectivity index (χ4n) is 1.88. The molecule has 5 nitrogen and oxygen atoms in total. The van der Waals surface area contributed by atoms with E-state index < -0.39 is 0 Å². The van der Waals surface area contributed by atoms with Gasteiger partial charge in [0.2, 0.25) is 5.91 Å². The molecule has 90 valence electrons. The number of hydrogen-bond acceptors (Lipinski definition) is 3. The van der Waals surface area contributed by atoms with Crippen molar-refractivity contribution in [3.8, 4) is 0 Å². The summed E-state index contributed by atoms with van der Waals surface area (Å²) >= 11 is 0. The molecule has 1 N–H and O–H groups in total. The normalized spacial score (nSPS) is 14.1. The Hall–Kier alpha value is -1.88. The summed E-state index contributed by atoms with van der Waals surface area (Å²) < 4.78 is 0. The van der Waals surface area contributed by atoms with E-state index in [1.807, 2.05) is 6.07 Å². The summed E-state index contributed by atoms with van der Waals surface area (Å²) in [5.74, 6) is -0.107. The Morgan fingerprint density at radius 1 is 1.41 bits per heavy atom. The maximum absolute atomic E-state index is 11.8. The number of benzene rings is 1. The van der Waals surface area contributed by atoms with Gasteiger partial charge < -0.3 is 4.90 Å². The number of nitrogens with one attached hydrogen (secondary N) is 1. The topological polar surface area (TPSA) is 52.7 Å². The Labute approximate surface area is 100.0 Å². The molecular weight excluding hydrogens is 218 g/mol. The molecule has 0 saturated carbocycles. The van der Waals surface area contributed by atoms with Crippen LogP contribution in [0.25, 0.3) is 0 Å². The second kappa shape index (κ2) is 4.18. The molecule has 0 aliphatic carbocycles. The molecular formula is C12H15N3O2. The average Bonchev–Trinajstić information content (AvgIpc) is 2.53. The van der Waals surface area contributed by atoms with Gasteiger partial charge in [0, 0.05) is 32.4 Å². The summed E-state index contributed by atoms with van der Waals surface area (Å²) in [6.07, 6.45) is 0.370. The zero-order valence-corrected chi connectivity index (χ0v) is 10.2. The van der Waals surface area contributed by atoms with Gasteiger partial charge in [-0.2, -0.15) is 0 Å². The van der Waals surface area contributed by atoms with Crippen molar-refractivity contribution < 1.29 is 9.59 Å². The molecule has 0 unspecified atom stereocenters. The van der Waals surface area contributed by atoms with Crippen LogP contribution >= 0.6 is 0 Å². The fourth-order valence-corrected chi connectivity index (χ4v) is 1.88. The number of amides is 2. The second-order valence-corrected chi connectivity index (χ2v) is 4.31. The fraction of sp³-hybridized carbons (Fsp3) is 0.333. The molecule has 0 bridgehead atoms. The molecule has 0 aromatic heterocycles. The zero-order chi connectivity index (χ0) is 12.6. The van der Waals surface area contributed by atoms with Crippen LogP contribution in [0.5, 0.6) is 0 Å². The molecule has 0 saturated heterocycles. The minimum atomic E-state index is -0.167. The average molecular weight is 233 g/mol. The smallest absolute Gasteiger partial charge is 0.265 e. The lowest BCUT2D eigenvalue weighted by molar-refractivity contribution is -0.117. The molecule has 1 aromatic carbocycles. The number of hydrazine groups is 1. The lowest BCUT2D eigenvalue weighted by atomic mass is 10.1. The van der Waals surface area contributed by atoms with Crippen molar-refractivity contribution in [1.82, 2.24) is 10.4 Å². The molecule has 2 amide bonds. The van der Waals surface area contributed by atoms with Crippen molar-refractivity contribution >= 4 is 17.5 Å². The van der Waals surface area contributed by atoms with Crippen molar-refractivity contribution in [2.45, 2.75) is 6.42 Å². The van der Waals surface area contributed by atoms with Gasteiger partial charge in [-0.25, -0.2) is 5.01 Å². The Morgan fingerprint density at radius 3 is 2.76 bits per heavy atom. The summed E-state index contributed by atoms with van der Waals surface area (Å²) in [6.45, 7) is 0. The Bertz CT molecular complexity index is 483. The third-order valence-corrected chi connectivity index (χ3v) is 2.74. The number of carbonyl (C=O) groups is 2. The van der Waals surface area contributed by atoms with Crippen LogP contribution < -0.4 is 10.3 Å². The largest absolute Gasteiger partial charge is 0.315 e. The van der Waals surface area contributed by atoms with Gasteiger partial charge in [0.05, 0.1) is 6.42 Å². The van der Waals surface area contributed by atoms with Crippen LogP contribution in [0.15, 0.2) is 18.2 Å². The van der Waals surface area contributed by atoms with E-state index in [0.29, 0.717) is 12.0 Å². The molecule has 0 spiro atoms. The van der Waals surface area contributed by atoms with Gasteiger partial charge >= 0.3 is 0 Å². The number of rotatable bonds is 2. The van der Waals surface area contributed by atoms with Crippen molar-refractivity contribution in [2.75, 3.05) is 26.0 Å². The number of nitrogens with zero attached hydrogens (tertiary/aromatic N) is 2. The third-order valence-electron chi connectivity index (χ3n) is 2.74. The molecule has 2 rings (SSSR count). The van der Waals surface area contributed by atoms with E-state index >= 15 is 0 Å².